The molecule has 0 fully saturated rings. The summed E-state index contributed by atoms with van der Waals surface area (Å²) in [5.74, 6) is 1.53. The molecule has 1 atom stereocenters. The Hall–Kier alpha value is -4.33. The minimum atomic E-state index is -3.39. The molecular formula is C35H29O3P. The maximum atomic E-state index is 16.1. The lowest BCUT2D eigenvalue weighted by Crippen LogP contribution is -2.18. The third-order valence-electron chi connectivity index (χ3n) is 7.40. The van der Waals surface area contributed by atoms with E-state index in [2.05, 4.69) is 61.5 Å². The minimum absolute atomic E-state index is 0.756. The van der Waals surface area contributed by atoms with Crippen LogP contribution in [-0.2, 0) is 4.57 Å². The molecule has 6 rings (SSSR count). The van der Waals surface area contributed by atoms with Crippen LogP contribution in [0.15, 0.2) is 121 Å². The van der Waals surface area contributed by atoms with Gasteiger partial charge >= 0.3 is 0 Å². The van der Waals surface area contributed by atoms with Crippen molar-refractivity contribution in [2.45, 2.75) is 6.92 Å². The van der Waals surface area contributed by atoms with Gasteiger partial charge in [0.15, 0.2) is 7.14 Å². The van der Waals surface area contributed by atoms with E-state index in [0.29, 0.717) is 0 Å². The summed E-state index contributed by atoms with van der Waals surface area (Å²) in [6.07, 6.45) is 0. The van der Waals surface area contributed by atoms with Gasteiger partial charge in [-0.2, -0.15) is 0 Å². The summed E-state index contributed by atoms with van der Waals surface area (Å²) in [6.45, 7) is 2.07. The normalized spacial score (nSPS) is 16.2. The second kappa shape index (κ2) is 10.1. The highest BCUT2D eigenvalue weighted by Crippen LogP contribution is 2.63. The van der Waals surface area contributed by atoms with Crippen LogP contribution < -0.4 is 20.1 Å². The van der Waals surface area contributed by atoms with Gasteiger partial charge in [0.05, 0.1) is 14.2 Å². The van der Waals surface area contributed by atoms with Gasteiger partial charge in [0.1, 0.15) is 11.5 Å². The number of fused-ring (bicyclic) bond motifs is 3. The number of benzene rings is 5. The van der Waals surface area contributed by atoms with Gasteiger partial charge in [0.25, 0.3) is 0 Å². The van der Waals surface area contributed by atoms with E-state index in [-0.39, 0.29) is 0 Å². The van der Waals surface area contributed by atoms with Crippen LogP contribution in [0, 0.1) is 6.92 Å². The van der Waals surface area contributed by atoms with Crippen molar-refractivity contribution in [3.63, 3.8) is 0 Å². The average Bonchev–Trinajstić information content (AvgIpc) is 3.09. The van der Waals surface area contributed by atoms with E-state index in [9.17, 15) is 0 Å². The Labute approximate surface area is 229 Å². The van der Waals surface area contributed by atoms with E-state index in [1.54, 1.807) is 14.2 Å². The van der Waals surface area contributed by atoms with E-state index in [4.69, 9.17) is 9.47 Å². The van der Waals surface area contributed by atoms with Crippen LogP contribution in [0.25, 0.3) is 22.0 Å². The highest BCUT2D eigenvalue weighted by atomic mass is 31.2. The minimum Gasteiger partial charge on any atom is -0.497 e. The second-order valence-electron chi connectivity index (χ2n) is 9.69. The van der Waals surface area contributed by atoms with Gasteiger partial charge in [-0.15, -0.1) is 0 Å². The third-order valence-corrected chi connectivity index (χ3v) is 10.6. The van der Waals surface area contributed by atoms with Crippen molar-refractivity contribution < 1.29 is 14.0 Å². The molecule has 0 spiro atoms. The van der Waals surface area contributed by atoms with E-state index in [1.165, 1.54) is 0 Å². The number of aryl methyl sites for hydroxylation is 1. The molecular weight excluding hydrogens is 499 g/mol. The van der Waals surface area contributed by atoms with Gasteiger partial charge in [0.2, 0.25) is 0 Å². The Morgan fingerprint density at radius 2 is 1.18 bits per heavy atom. The van der Waals surface area contributed by atoms with Gasteiger partial charge in [-0.25, -0.2) is 0 Å². The maximum Gasteiger partial charge on any atom is 0.172 e. The molecule has 0 bridgehead atoms. The maximum absolute atomic E-state index is 16.1. The monoisotopic (exact) mass is 528 g/mol. The lowest BCUT2D eigenvalue weighted by atomic mass is 9.89. The molecule has 0 N–H and O–H groups in total. The predicted molar refractivity (Wildman–Crippen MR) is 162 cm³/mol. The first kappa shape index (κ1) is 25.0. The fourth-order valence-electron chi connectivity index (χ4n) is 5.47. The fraction of sp³-hybridized carbons (Fsp3) is 0.0857. The van der Waals surface area contributed by atoms with Crippen LogP contribution in [-0.4, -0.2) is 14.2 Å². The molecule has 1 unspecified atom stereocenters. The van der Waals surface area contributed by atoms with Crippen LogP contribution >= 0.6 is 7.14 Å². The van der Waals surface area contributed by atoms with Gasteiger partial charge in [-0.3, -0.25) is 0 Å². The molecule has 0 aliphatic carbocycles. The van der Waals surface area contributed by atoms with Crippen molar-refractivity contribution in [2.24, 2.45) is 0 Å². The van der Waals surface area contributed by atoms with Crippen LogP contribution in [0.3, 0.4) is 0 Å². The molecule has 0 amide bonds. The van der Waals surface area contributed by atoms with Gasteiger partial charge in [-0.05, 0) is 59.0 Å². The molecule has 192 valence electrons. The van der Waals surface area contributed by atoms with Gasteiger partial charge < -0.3 is 14.0 Å². The largest absolute Gasteiger partial charge is 0.497 e. The molecule has 5 aromatic rings. The molecule has 0 aromatic heterocycles. The summed E-state index contributed by atoms with van der Waals surface area (Å²) in [7, 11) is -0.0416. The zero-order valence-corrected chi connectivity index (χ0v) is 23.1. The summed E-state index contributed by atoms with van der Waals surface area (Å²) in [6, 6.07) is 40.6. The van der Waals surface area contributed by atoms with Crippen LogP contribution in [0.5, 0.6) is 11.5 Å². The number of hydrogen-bond donors (Lipinski definition) is 0. The second-order valence-corrected chi connectivity index (χ2v) is 12.4. The summed E-state index contributed by atoms with van der Waals surface area (Å²) in [4.78, 5) is 0. The topological polar surface area (TPSA) is 35.5 Å². The summed E-state index contributed by atoms with van der Waals surface area (Å²) in [5, 5.41) is 2.46. The van der Waals surface area contributed by atoms with Crippen LogP contribution in [0.1, 0.15) is 22.3 Å². The molecule has 1 aliphatic heterocycles. The molecule has 39 heavy (non-hydrogen) atoms. The highest BCUT2D eigenvalue weighted by Gasteiger charge is 2.40. The summed E-state index contributed by atoms with van der Waals surface area (Å²) >= 11 is 0. The molecule has 4 heteroatoms. The van der Waals surface area contributed by atoms with Crippen LogP contribution in [0.4, 0.5) is 0 Å². The van der Waals surface area contributed by atoms with E-state index in [0.717, 1.165) is 66.4 Å². The molecule has 3 nitrogen and oxygen atoms in total. The third kappa shape index (κ3) is 4.20. The van der Waals surface area contributed by atoms with Crippen molar-refractivity contribution in [3.05, 3.63) is 144 Å². The zero-order valence-electron chi connectivity index (χ0n) is 22.2. The SMILES string of the molecule is COc1ccc(C2=C(c3ccc(C)cc3)P(=O)(c3ccccc3)c3ccccc3-c3cc(OC)ccc32)cc1. The van der Waals surface area contributed by atoms with Crippen molar-refractivity contribution in [2.75, 3.05) is 14.2 Å². The van der Waals surface area contributed by atoms with E-state index in [1.807, 2.05) is 66.7 Å². The Morgan fingerprint density at radius 3 is 1.87 bits per heavy atom. The van der Waals surface area contributed by atoms with Gasteiger partial charge in [-0.1, -0.05) is 103 Å². The smallest absolute Gasteiger partial charge is 0.172 e. The molecule has 1 heterocycles. The lowest BCUT2D eigenvalue weighted by molar-refractivity contribution is 0.415. The van der Waals surface area contributed by atoms with Crippen molar-refractivity contribution >= 4 is 28.6 Å². The number of hydrogen-bond acceptors (Lipinski definition) is 3. The first-order valence-corrected chi connectivity index (χ1v) is 14.7. The Morgan fingerprint density at radius 1 is 0.564 bits per heavy atom. The van der Waals surface area contributed by atoms with Crippen molar-refractivity contribution in [1.82, 2.24) is 0 Å². The van der Waals surface area contributed by atoms with E-state index < -0.39 is 7.14 Å². The Balaban J connectivity index is 1.85. The molecule has 0 saturated heterocycles. The van der Waals surface area contributed by atoms with Crippen molar-refractivity contribution in [1.29, 1.82) is 0 Å². The predicted octanol–water partition coefficient (Wildman–Crippen LogP) is 7.92. The standard InChI is InChI=1S/C35H29O3P/c1-24-13-15-26(16-14-24)35-34(25-17-19-27(37-2)20-18-25)31-22-21-28(38-3)23-32(31)30-11-7-8-12-33(30)39(35,36)29-9-5-4-6-10-29/h4-23H,1-3H3. The molecule has 1 aliphatic rings. The lowest BCUT2D eigenvalue weighted by Gasteiger charge is -2.26. The number of ether oxygens (including phenoxy) is 2. The average molecular weight is 529 g/mol. The quantitative estimate of drug-likeness (QED) is 0.217. The highest BCUT2D eigenvalue weighted by molar-refractivity contribution is 7.88. The first-order chi connectivity index (χ1) is 19.0. The van der Waals surface area contributed by atoms with Crippen LogP contribution in [0.2, 0.25) is 0 Å². The zero-order chi connectivity index (χ0) is 27.0. The van der Waals surface area contributed by atoms with E-state index >= 15 is 4.57 Å². The van der Waals surface area contributed by atoms with Crippen molar-refractivity contribution in [3.8, 4) is 22.6 Å². The molecule has 0 saturated carbocycles. The van der Waals surface area contributed by atoms with Gasteiger partial charge in [0, 0.05) is 21.5 Å². The molecule has 0 radical (unpaired) electrons. The summed E-state index contributed by atoms with van der Waals surface area (Å²) in [5.41, 5.74) is 6.97. The first-order valence-electron chi connectivity index (χ1n) is 12.9. The number of methoxy groups -OCH3 is 2. The molecule has 5 aromatic carbocycles. The number of rotatable bonds is 5. The Kier molecular flexibility index (Phi) is 6.46. The Bertz CT molecular complexity index is 1730. The fourth-order valence-corrected chi connectivity index (χ4v) is 8.74. The summed E-state index contributed by atoms with van der Waals surface area (Å²) < 4.78 is 27.3.